The van der Waals surface area contributed by atoms with Crippen LogP contribution < -0.4 is 0 Å². The minimum absolute atomic E-state index is 0.0697. The average Bonchev–Trinajstić information content (AvgIpc) is 2.14. The minimum atomic E-state index is -3.28. The average molecular weight is 251 g/mol. The van der Waals surface area contributed by atoms with Gasteiger partial charge in [-0.1, -0.05) is 26.2 Å². The fraction of sp³-hybridized carbons (Fsp3) is 0.900. The zero-order chi connectivity index (χ0) is 12.6. The van der Waals surface area contributed by atoms with Gasteiger partial charge >= 0.3 is 5.97 Å². The van der Waals surface area contributed by atoms with Gasteiger partial charge in [0.2, 0.25) is 10.0 Å². The minimum Gasteiger partial charge on any atom is -0.481 e. The largest absolute Gasteiger partial charge is 0.481 e. The lowest BCUT2D eigenvalue weighted by Crippen LogP contribution is -2.33. The molecule has 0 atom stereocenters. The Morgan fingerprint density at radius 3 is 2.25 bits per heavy atom. The molecule has 0 saturated carbocycles. The lowest BCUT2D eigenvalue weighted by molar-refractivity contribution is -0.137. The van der Waals surface area contributed by atoms with Gasteiger partial charge in [-0.05, 0) is 6.42 Å². The fourth-order valence-electron chi connectivity index (χ4n) is 1.38. The highest BCUT2D eigenvalue weighted by molar-refractivity contribution is 7.88. The summed E-state index contributed by atoms with van der Waals surface area (Å²) in [5.41, 5.74) is 0. The van der Waals surface area contributed by atoms with Crippen LogP contribution in [0.15, 0.2) is 0 Å². The lowest BCUT2D eigenvalue weighted by Gasteiger charge is -2.18. The monoisotopic (exact) mass is 251 g/mol. The maximum Gasteiger partial charge on any atom is 0.304 e. The Kier molecular flexibility index (Phi) is 7.33. The second kappa shape index (κ2) is 7.62. The quantitative estimate of drug-likeness (QED) is 0.627. The van der Waals surface area contributed by atoms with Gasteiger partial charge in [-0.3, -0.25) is 4.79 Å². The summed E-state index contributed by atoms with van der Waals surface area (Å²) in [6, 6.07) is 0. The molecule has 16 heavy (non-hydrogen) atoms. The summed E-state index contributed by atoms with van der Waals surface area (Å²) in [7, 11) is -3.28. The van der Waals surface area contributed by atoms with Crippen molar-refractivity contribution in [3.63, 3.8) is 0 Å². The van der Waals surface area contributed by atoms with Gasteiger partial charge in [0.1, 0.15) is 0 Å². The van der Waals surface area contributed by atoms with Gasteiger partial charge in [-0.2, -0.15) is 0 Å². The van der Waals surface area contributed by atoms with Gasteiger partial charge in [-0.25, -0.2) is 12.7 Å². The highest BCUT2D eigenvalue weighted by Gasteiger charge is 2.16. The first-order valence-electron chi connectivity index (χ1n) is 5.55. The van der Waals surface area contributed by atoms with Crippen LogP contribution in [0.25, 0.3) is 0 Å². The van der Waals surface area contributed by atoms with Crippen LogP contribution in [0, 0.1) is 0 Å². The Bertz CT molecular complexity index is 300. The van der Waals surface area contributed by atoms with E-state index in [4.69, 9.17) is 5.11 Å². The van der Waals surface area contributed by atoms with Crippen LogP contribution in [0.3, 0.4) is 0 Å². The van der Waals surface area contributed by atoms with Crippen molar-refractivity contribution in [2.75, 3.05) is 19.3 Å². The van der Waals surface area contributed by atoms with Crippen molar-refractivity contribution < 1.29 is 18.3 Å². The Hall–Kier alpha value is -0.620. The Morgan fingerprint density at radius 2 is 1.81 bits per heavy atom. The maximum absolute atomic E-state index is 11.3. The second-order valence-corrected chi connectivity index (χ2v) is 5.85. The number of unbranched alkanes of at least 4 members (excludes halogenated alkanes) is 3. The molecule has 0 unspecified atom stereocenters. The van der Waals surface area contributed by atoms with Crippen molar-refractivity contribution in [2.45, 2.75) is 39.0 Å². The van der Waals surface area contributed by atoms with Gasteiger partial charge in [0.05, 0.1) is 12.7 Å². The SMILES string of the molecule is CCCCCCN(CCC(=O)O)S(C)(=O)=O. The topological polar surface area (TPSA) is 74.7 Å². The normalized spacial score (nSPS) is 11.9. The molecule has 5 nitrogen and oxygen atoms in total. The third-order valence-electron chi connectivity index (χ3n) is 2.31. The van der Waals surface area contributed by atoms with Crippen LogP contribution in [0.4, 0.5) is 0 Å². The predicted octanol–water partition coefficient (Wildman–Crippen LogP) is 1.30. The van der Waals surface area contributed by atoms with Crippen LogP contribution in [-0.4, -0.2) is 43.1 Å². The first-order chi connectivity index (χ1) is 7.38. The smallest absolute Gasteiger partial charge is 0.304 e. The summed E-state index contributed by atoms with van der Waals surface area (Å²) in [5, 5.41) is 8.52. The number of rotatable bonds is 9. The first kappa shape index (κ1) is 15.4. The molecule has 0 fully saturated rings. The molecule has 0 amide bonds. The summed E-state index contributed by atoms with van der Waals surface area (Å²) < 4.78 is 23.9. The molecule has 0 aliphatic carbocycles. The second-order valence-electron chi connectivity index (χ2n) is 3.87. The van der Waals surface area contributed by atoms with E-state index in [0.29, 0.717) is 6.54 Å². The van der Waals surface area contributed by atoms with Gasteiger partial charge in [0.25, 0.3) is 0 Å². The van der Waals surface area contributed by atoms with E-state index in [-0.39, 0.29) is 13.0 Å². The van der Waals surface area contributed by atoms with Crippen LogP contribution >= 0.6 is 0 Å². The van der Waals surface area contributed by atoms with Crippen molar-refractivity contribution in [3.05, 3.63) is 0 Å². The number of carboxylic acid groups (broad SMARTS) is 1. The van der Waals surface area contributed by atoms with Crippen molar-refractivity contribution >= 4 is 16.0 Å². The third-order valence-corrected chi connectivity index (χ3v) is 3.61. The van der Waals surface area contributed by atoms with E-state index in [9.17, 15) is 13.2 Å². The molecule has 0 rings (SSSR count). The van der Waals surface area contributed by atoms with Crippen molar-refractivity contribution in [1.82, 2.24) is 4.31 Å². The summed E-state index contributed by atoms with van der Waals surface area (Å²) in [4.78, 5) is 10.4. The summed E-state index contributed by atoms with van der Waals surface area (Å²) in [6.45, 7) is 2.57. The number of aliphatic carboxylic acids is 1. The van der Waals surface area contributed by atoms with E-state index >= 15 is 0 Å². The highest BCUT2D eigenvalue weighted by Crippen LogP contribution is 2.05. The number of carboxylic acids is 1. The zero-order valence-corrected chi connectivity index (χ0v) is 10.8. The molecule has 0 saturated heterocycles. The molecular weight excluding hydrogens is 230 g/mol. The molecule has 0 aromatic heterocycles. The lowest BCUT2D eigenvalue weighted by atomic mass is 10.2. The highest BCUT2D eigenvalue weighted by atomic mass is 32.2. The van der Waals surface area contributed by atoms with Crippen LogP contribution in [0.1, 0.15) is 39.0 Å². The molecule has 1 N–H and O–H groups in total. The van der Waals surface area contributed by atoms with Crippen LogP contribution in [-0.2, 0) is 14.8 Å². The molecule has 0 aromatic rings. The van der Waals surface area contributed by atoms with E-state index in [1.165, 1.54) is 4.31 Å². The maximum atomic E-state index is 11.3. The van der Waals surface area contributed by atoms with E-state index < -0.39 is 16.0 Å². The number of carbonyl (C=O) groups is 1. The molecule has 0 aliphatic heterocycles. The molecule has 96 valence electrons. The van der Waals surface area contributed by atoms with Gasteiger partial charge < -0.3 is 5.11 Å². The summed E-state index contributed by atoms with van der Waals surface area (Å²) in [5.74, 6) is -0.970. The van der Waals surface area contributed by atoms with E-state index in [0.717, 1.165) is 31.9 Å². The Balaban J connectivity index is 4.07. The Morgan fingerprint density at radius 1 is 1.19 bits per heavy atom. The number of hydrogen-bond acceptors (Lipinski definition) is 3. The molecule has 0 aliphatic rings. The molecule has 0 radical (unpaired) electrons. The van der Waals surface area contributed by atoms with Crippen molar-refractivity contribution in [3.8, 4) is 0 Å². The number of nitrogens with zero attached hydrogens (tertiary/aromatic N) is 1. The standard InChI is InChI=1S/C10H21NO4S/c1-3-4-5-6-8-11(16(2,14)15)9-7-10(12)13/h3-9H2,1-2H3,(H,12,13). The molecule has 0 aromatic carbocycles. The third kappa shape index (κ3) is 7.64. The number of sulfonamides is 1. The number of hydrogen-bond donors (Lipinski definition) is 1. The molecule has 0 bridgehead atoms. The molecule has 6 heteroatoms. The van der Waals surface area contributed by atoms with Gasteiger partial charge in [0.15, 0.2) is 0 Å². The summed E-state index contributed by atoms with van der Waals surface area (Å²) >= 11 is 0. The summed E-state index contributed by atoms with van der Waals surface area (Å²) in [6.07, 6.45) is 4.93. The van der Waals surface area contributed by atoms with E-state index in [1.807, 2.05) is 0 Å². The first-order valence-corrected chi connectivity index (χ1v) is 7.39. The van der Waals surface area contributed by atoms with Crippen molar-refractivity contribution in [1.29, 1.82) is 0 Å². The molecule has 0 spiro atoms. The van der Waals surface area contributed by atoms with Crippen LogP contribution in [0.5, 0.6) is 0 Å². The fourth-order valence-corrected chi connectivity index (χ4v) is 2.26. The molecular formula is C10H21NO4S. The Labute approximate surface area is 97.5 Å². The van der Waals surface area contributed by atoms with Gasteiger partial charge in [-0.15, -0.1) is 0 Å². The van der Waals surface area contributed by atoms with E-state index in [1.54, 1.807) is 0 Å². The van der Waals surface area contributed by atoms with E-state index in [2.05, 4.69) is 6.92 Å². The van der Waals surface area contributed by atoms with Crippen LogP contribution in [0.2, 0.25) is 0 Å². The zero-order valence-electron chi connectivity index (χ0n) is 9.98. The van der Waals surface area contributed by atoms with Gasteiger partial charge in [0, 0.05) is 13.1 Å². The van der Waals surface area contributed by atoms with Crippen molar-refractivity contribution in [2.24, 2.45) is 0 Å². The molecule has 0 heterocycles. The predicted molar refractivity (Wildman–Crippen MR) is 62.8 cm³/mol.